The van der Waals surface area contributed by atoms with Crippen LogP contribution in [0, 0.1) is 0 Å². The molecule has 1 unspecified atom stereocenters. The van der Waals surface area contributed by atoms with Gasteiger partial charge in [0.25, 0.3) is 0 Å². The minimum absolute atomic E-state index is 0.0502. The van der Waals surface area contributed by atoms with Crippen LogP contribution in [0.5, 0.6) is 5.75 Å². The lowest BCUT2D eigenvalue weighted by atomic mass is 9.86. The summed E-state index contributed by atoms with van der Waals surface area (Å²) in [6.45, 7) is 6.55. The fourth-order valence-corrected chi connectivity index (χ4v) is 4.65. The standard InChI is InChI=1S/C30H31N3O/c1-30(2,3)23-16-17-26(34)25(19-23)29-32-27(21-11-6-4-7-12-21)28(22-13-8-5-9-14-22)33(29)24-15-10-18-31-20-24/h4,6-8,10-11,13-21,34H,5,9,12H2,1-3H3. The van der Waals surface area contributed by atoms with Crippen LogP contribution in [0.4, 0.5) is 0 Å². The molecule has 0 radical (unpaired) electrons. The van der Waals surface area contributed by atoms with Gasteiger partial charge in [0, 0.05) is 12.1 Å². The van der Waals surface area contributed by atoms with Crippen LogP contribution in [0.1, 0.15) is 62.9 Å². The summed E-state index contributed by atoms with van der Waals surface area (Å²) in [6.07, 6.45) is 21.9. The van der Waals surface area contributed by atoms with Crippen molar-refractivity contribution < 1.29 is 5.11 Å². The Bertz CT molecular complexity index is 1320. The molecule has 1 N–H and O–H groups in total. The summed E-state index contributed by atoms with van der Waals surface area (Å²) in [6, 6.07) is 9.88. The zero-order chi connectivity index (χ0) is 23.7. The Labute approximate surface area is 201 Å². The Morgan fingerprint density at radius 2 is 1.94 bits per heavy atom. The number of imidazole rings is 1. The van der Waals surface area contributed by atoms with E-state index < -0.39 is 0 Å². The number of phenols is 1. The quantitative estimate of drug-likeness (QED) is 0.456. The highest BCUT2D eigenvalue weighted by molar-refractivity contribution is 5.80. The fraction of sp³-hybridized carbons (Fsp3) is 0.267. The van der Waals surface area contributed by atoms with Gasteiger partial charge in [-0.2, -0.15) is 0 Å². The molecule has 34 heavy (non-hydrogen) atoms. The molecule has 0 fully saturated rings. The Morgan fingerprint density at radius 1 is 1.06 bits per heavy atom. The van der Waals surface area contributed by atoms with Crippen molar-refractivity contribution in [2.24, 2.45) is 0 Å². The number of rotatable bonds is 4. The van der Waals surface area contributed by atoms with Gasteiger partial charge in [-0.25, -0.2) is 4.98 Å². The zero-order valence-electron chi connectivity index (χ0n) is 20.1. The van der Waals surface area contributed by atoms with E-state index in [1.54, 1.807) is 12.3 Å². The number of nitrogens with zero attached hydrogens (tertiary/aromatic N) is 3. The lowest BCUT2D eigenvalue weighted by molar-refractivity contribution is 0.475. The van der Waals surface area contributed by atoms with Crippen molar-refractivity contribution >= 4 is 5.57 Å². The van der Waals surface area contributed by atoms with Crippen molar-refractivity contribution in [1.82, 2.24) is 14.5 Å². The molecule has 1 atom stereocenters. The van der Waals surface area contributed by atoms with E-state index in [1.165, 1.54) is 5.57 Å². The maximum atomic E-state index is 11.0. The molecule has 4 nitrogen and oxygen atoms in total. The lowest BCUT2D eigenvalue weighted by Gasteiger charge is -2.21. The largest absolute Gasteiger partial charge is 0.507 e. The molecule has 3 aromatic rings. The molecule has 0 spiro atoms. The number of hydrogen-bond acceptors (Lipinski definition) is 3. The second kappa shape index (κ2) is 8.94. The van der Waals surface area contributed by atoms with Gasteiger partial charge in [0.1, 0.15) is 11.6 Å². The van der Waals surface area contributed by atoms with E-state index in [4.69, 9.17) is 4.98 Å². The summed E-state index contributed by atoms with van der Waals surface area (Å²) < 4.78 is 2.18. The number of aromatic hydroxyl groups is 1. The smallest absolute Gasteiger partial charge is 0.149 e. The molecule has 1 aromatic carbocycles. The Hall–Kier alpha value is -3.66. The number of phenolic OH excluding ortho intramolecular Hbond substituents is 1. The van der Waals surface area contributed by atoms with Crippen LogP contribution >= 0.6 is 0 Å². The number of hydrogen-bond donors (Lipinski definition) is 1. The van der Waals surface area contributed by atoms with E-state index in [2.05, 4.69) is 85.0 Å². The molecule has 172 valence electrons. The molecule has 0 saturated carbocycles. The van der Waals surface area contributed by atoms with Crippen molar-refractivity contribution in [1.29, 1.82) is 0 Å². The maximum absolute atomic E-state index is 11.0. The summed E-state index contributed by atoms with van der Waals surface area (Å²) in [5.41, 5.74) is 6.04. The number of allylic oxidation sites excluding steroid dienone is 8. The van der Waals surface area contributed by atoms with E-state index in [-0.39, 0.29) is 17.1 Å². The Kier molecular flexibility index (Phi) is 5.82. The van der Waals surface area contributed by atoms with Crippen LogP contribution in [0.2, 0.25) is 0 Å². The van der Waals surface area contributed by atoms with E-state index in [9.17, 15) is 5.11 Å². The van der Waals surface area contributed by atoms with Gasteiger partial charge < -0.3 is 5.11 Å². The van der Waals surface area contributed by atoms with Crippen LogP contribution < -0.4 is 0 Å². The zero-order valence-corrected chi connectivity index (χ0v) is 20.1. The third-order valence-electron chi connectivity index (χ3n) is 6.51. The lowest BCUT2D eigenvalue weighted by Crippen LogP contribution is -2.11. The molecule has 0 bridgehead atoms. The van der Waals surface area contributed by atoms with Crippen molar-refractivity contribution in [2.75, 3.05) is 0 Å². The van der Waals surface area contributed by atoms with Crippen molar-refractivity contribution in [3.63, 3.8) is 0 Å². The molecule has 2 aliphatic carbocycles. The van der Waals surface area contributed by atoms with Crippen LogP contribution in [0.25, 0.3) is 22.6 Å². The molecule has 5 rings (SSSR count). The monoisotopic (exact) mass is 449 g/mol. The molecular formula is C30H31N3O. The average molecular weight is 450 g/mol. The van der Waals surface area contributed by atoms with Crippen molar-refractivity contribution in [2.45, 2.75) is 51.4 Å². The fourth-order valence-electron chi connectivity index (χ4n) is 4.65. The van der Waals surface area contributed by atoms with Gasteiger partial charge >= 0.3 is 0 Å². The third kappa shape index (κ3) is 4.16. The molecular weight excluding hydrogens is 418 g/mol. The second-order valence-electron chi connectivity index (χ2n) is 9.99. The van der Waals surface area contributed by atoms with Crippen LogP contribution in [0.3, 0.4) is 0 Å². The number of aromatic nitrogens is 3. The molecule has 0 saturated heterocycles. The molecule has 4 heteroatoms. The van der Waals surface area contributed by atoms with Crippen LogP contribution in [-0.4, -0.2) is 19.6 Å². The summed E-state index contributed by atoms with van der Waals surface area (Å²) in [5.74, 6) is 1.14. The summed E-state index contributed by atoms with van der Waals surface area (Å²) in [7, 11) is 0. The average Bonchev–Trinajstić information content (AvgIpc) is 3.26. The first-order valence-electron chi connectivity index (χ1n) is 12.0. The molecule has 2 heterocycles. The number of pyridine rings is 1. The highest BCUT2D eigenvalue weighted by Gasteiger charge is 2.28. The first-order chi connectivity index (χ1) is 16.4. The predicted molar refractivity (Wildman–Crippen MR) is 139 cm³/mol. The van der Waals surface area contributed by atoms with E-state index >= 15 is 0 Å². The second-order valence-corrected chi connectivity index (χ2v) is 9.99. The SMILES string of the molecule is CC(C)(C)c1ccc(O)c(-c2nc(C3C=CC=CC3)c(C3=CCCC=C3)n2-c2cccnc2)c1. The number of benzene rings is 1. The van der Waals surface area contributed by atoms with Crippen LogP contribution in [-0.2, 0) is 5.41 Å². The first-order valence-corrected chi connectivity index (χ1v) is 12.0. The van der Waals surface area contributed by atoms with Gasteiger partial charge in [-0.3, -0.25) is 9.55 Å². The van der Waals surface area contributed by atoms with Crippen molar-refractivity contribution in [3.05, 3.63) is 102 Å². The predicted octanol–water partition coefficient (Wildman–Crippen LogP) is 7.27. The van der Waals surface area contributed by atoms with Gasteiger partial charge in [0.2, 0.25) is 0 Å². The molecule has 0 amide bonds. The van der Waals surface area contributed by atoms with Gasteiger partial charge in [0.05, 0.1) is 28.8 Å². The van der Waals surface area contributed by atoms with Gasteiger partial charge in [0.15, 0.2) is 0 Å². The van der Waals surface area contributed by atoms with Gasteiger partial charge in [-0.15, -0.1) is 0 Å². The van der Waals surface area contributed by atoms with E-state index in [0.29, 0.717) is 0 Å². The van der Waals surface area contributed by atoms with E-state index in [1.807, 2.05) is 18.3 Å². The highest BCUT2D eigenvalue weighted by atomic mass is 16.3. The summed E-state index contributed by atoms with van der Waals surface area (Å²) >= 11 is 0. The van der Waals surface area contributed by atoms with Crippen LogP contribution in [0.15, 0.2) is 85.3 Å². The third-order valence-corrected chi connectivity index (χ3v) is 6.51. The minimum Gasteiger partial charge on any atom is -0.507 e. The molecule has 2 aromatic heterocycles. The highest BCUT2D eigenvalue weighted by Crippen LogP contribution is 2.41. The van der Waals surface area contributed by atoms with Crippen molar-refractivity contribution in [3.8, 4) is 22.8 Å². The summed E-state index contributed by atoms with van der Waals surface area (Å²) in [4.78, 5) is 9.66. The minimum atomic E-state index is -0.0502. The maximum Gasteiger partial charge on any atom is 0.149 e. The van der Waals surface area contributed by atoms with Gasteiger partial charge in [-0.05, 0) is 60.1 Å². The normalized spacial score (nSPS) is 17.7. The van der Waals surface area contributed by atoms with Gasteiger partial charge in [-0.1, -0.05) is 69.4 Å². The Morgan fingerprint density at radius 3 is 2.62 bits per heavy atom. The Balaban J connectivity index is 1.83. The first kappa shape index (κ1) is 22.1. The van der Waals surface area contributed by atoms with E-state index in [0.717, 1.165) is 53.3 Å². The molecule has 0 aliphatic heterocycles. The topological polar surface area (TPSA) is 50.9 Å². The summed E-state index contributed by atoms with van der Waals surface area (Å²) in [5, 5.41) is 11.0. The molecule has 2 aliphatic rings.